The average molecular weight is 587 g/mol. The fourth-order valence-electron chi connectivity index (χ4n) is 7.50. The lowest BCUT2D eigenvalue weighted by molar-refractivity contribution is 0.663. The second kappa shape index (κ2) is 9.69. The molecule has 0 saturated carbocycles. The van der Waals surface area contributed by atoms with Crippen molar-refractivity contribution < 1.29 is 8.83 Å². The summed E-state index contributed by atoms with van der Waals surface area (Å²) in [6, 6.07) is 56.2. The maximum Gasteiger partial charge on any atom is 0.147 e. The summed E-state index contributed by atoms with van der Waals surface area (Å²) in [5.41, 5.74) is 10.7. The van der Waals surface area contributed by atoms with Gasteiger partial charge in [0, 0.05) is 16.2 Å². The van der Waals surface area contributed by atoms with E-state index in [0.717, 1.165) is 49.4 Å². The summed E-state index contributed by atoms with van der Waals surface area (Å²) in [5.74, 6) is 0. The zero-order valence-corrected chi connectivity index (χ0v) is 24.8. The predicted molar refractivity (Wildman–Crippen MR) is 192 cm³/mol. The zero-order valence-electron chi connectivity index (χ0n) is 24.8. The van der Waals surface area contributed by atoms with Crippen LogP contribution >= 0.6 is 0 Å². The number of hydrogen-bond acceptors (Lipinski definition) is 2. The molecule has 0 atom stereocenters. The van der Waals surface area contributed by atoms with E-state index in [4.69, 9.17) is 8.83 Å². The number of furan rings is 2. The van der Waals surface area contributed by atoms with Crippen LogP contribution in [0.25, 0.3) is 98.8 Å². The normalized spacial score (nSPS) is 11.9. The van der Waals surface area contributed by atoms with E-state index in [9.17, 15) is 0 Å². The van der Waals surface area contributed by atoms with Crippen molar-refractivity contribution in [2.24, 2.45) is 0 Å². The Labute approximate surface area is 264 Å². The predicted octanol–water partition coefficient (Wildman–Crippen LogP) is 12.8. The monoisotopic (exact) mass is 586 g/mol. The minimum atomic E-state index is 0.844. The van der Waals surface area contributed by atoms with E-state index < -0.39 is 0 Å². The van der Waals surface area contributed by atoms with Gasteiger partial charge in [-0.2, -0.15) is 0 Å². The lowest BCUT2D eigenvalue weighted by Crippen LogP contribution is -1.92. The van der Waals surface area contributed by atoms with Crippen molar-refractivity contribution in [3.8, 4) is 33.4 Å². The van der Waals surface area contributed by atoms with E-state index in [1.165, 1.54) is 49.4 Å². The van der Waals surface area contributed by atoms with Crippen molar-refractivity contribution in [3.63, 3.8) is 0 Å². The van der Waals surface area contributed by atoms with Gasteiger partial charge in [0.05, 0.1) is 5.39 Å². The first-order valence-corrected chi connectivity index (χ1v) is 15.7. The molecule has 10 rings (SSSR count). The summed E-state index contributed by atoms with van der Waals surface area (Å²) in [5, 5.41) is 9.22. The molecule has 0 radical (unpaired) electrons. The van der Waals surface area contributed by atoms with E-state index in [-0.39, 0.29) is 0 Å². The molecule has 214 valence electrons. The molecule has 46 heavy (non-hydrogen) atoms. The second-order valence-corrected chi connectivity index (χ2v) is 12.0. The van der Waals surface area contributed by atoms with Crippen LogP contribution in [0.4, 0.5) is 0 Å². The molecule has 0 unspecified atom stereocenters. The molecule has 10 aromatic rings. The highest BCUT2D eigenvalue weighted by molar-refractivity contribution is 6.24. The lowest BCUT2D eigenvalue weighted by atomic mass is 9.84. The Kier molecular flexibility index (Phi) is 5.31. The number of benzene rings is 8. The van der Waals surface area contributed by atoms with Crippen LogP contribution in [0.1, 0.15) is 0 Å². The van der Waals surface area contributed by atoms with Gasteiger partial charge < -0.3 is 8.83 Å². The molecule has 0 bridgehead atoms. The Morgan fingerprint density at radius 3 is 1.63 bits per heavy atom. The Bertz CT molecular complexity index is 2740. The quantitative estimate of drug-likeness (QED) is 0.193. The number of hydrogen-bond donors (Lipinski definition) is 0. The van der Waals surface area contributed by atoms with E-state index >= 15 is 0 Å². The molecule has 2 aromatic heterocycles. The third-order valence-electron chi connectivity index (χ3n) is 9.48. The summed E-state index contributed by atoms with van der Waals surface area (Å²) in [7, 11) is 0. The molecule has 2 nitrogen and oxygen atoms in total. The first-order chi connectivity index (χ1) is 22.8. The fraction of sp³-hybridized carbons (Fsp3) is 0. The molecule has 0 amide bonds. The van der Waals surface area contributed by atoms with Crippen molar-refractivity contribution in [2.45, 2.75) is 0 Å². The summed E-state index contributed by atoms with van der Waals surface area (Å²) in [6.45, 7) is 0. The Morgan fingerprint density at radius 1 is 0.304 bits per heavy atom. The van der Waals surface area contributed by atoms with Gasteiger partial charge in [-0.25, -0.2) is 0 Å². The van der Waals surface area contributed by atoms with E-state index in [1.807, 2.05) is 12.1 Å². The lowest BCUT2D eigenvalue weighted by Gasteiger charge is -2.19. The fourth-order valence-corrected chi connectivity index (χ4v) is 7.50. The van der Waals surface area contributed by atoms with Crippen molar-refractivity contribution in [3.05, 3.63) is 158 Å². The molecule has 2 heterocycles. The van der Waals surface area contributed by atoms with Crippen LogP contribution in [0.3, 0.4) is 0 Å². The summed E-state index contributed by atoms with van der Waals surface area (Å²) >= 11 is 0. The van der Waals surface area contributed by atoms with E-state index in [1.54, 1.807) is 0 Å². The van der Waals surface area contributed by atoms with Crippen LogP contribution in [0.15, 0.2) is 167 Å². The maximum absolute atomic E-state index is 6.72. The van der Waals surface area contributed by atoms with Gasteiger partial charge in [-0.05, 0) is 85.3 Å². The van der Waals surface area contributed by atoms with Crippen LogP contribution < -0.4 is 0 Å². The highest BCUT2D eigenvalue weighted by Gasteiger charge is 2.20. The summed E-state index contributed by atoms with van der Waals surface area (Å²) in [6.07, 6.45) is 0. The van der Waals surface area contributed by atoms with Crippen LogP contribution in [0.2, 0.25) is 0 Å². The standard InChI is InChI=1S/C44H26O2/c1-2-12-27(13-3-1)29-14-4-5-15-31(29)42-34-18-8-6-16-32(34)41(33-17-7-9-19-35(33)42)28-22-23-30-36-24-25-39-43(44(36)46-40(30)26-28)37-20-10-11-21-38(37)45-39/h1-26H. The molecule has 2 heteroatoms. The van der Waals surface area contributed by atoms with Crippen LogP contribution in [0.5, 0.6) is 0 Å². The van der Waals surface area contributed by atoms with Crippen LogP contribution in [-0.2, 0) is 0 Å². The Balaban J connectivity index is 1.26. The summed E-state index contributed by atoms with van der Waals surface area (Å²) < 4.78 is 12.9. The Morgan fingerprint density at radius 2 is 0.891 bits per heavy atom. The molecular weight excluding hydrogens is 560 g/mol. The molecule has 0 N–H and O–H groups in total. The van der Waals surface area contributed by atoms with Crippen LogP contribution in [-0.4, -0.2) is 0 Å². The highest BCUT2D eigenvalue weighted by atomic mass is 16.3. The van der Waals surface area contributed by atoms with Crippen molar-refractivity contribution in [1.82, 2.24) is 0 Å². The molecule has 8 aromatic carbocycles. The minimum absolute atomic E-state index is 0.844. The van der Waals surface area contributed by atoms with Gasteiger partial charge >= 0.3 is 0 Å². The molecule has 0 fully saturated rings. The summed E-state index contributed by atoms with van der Waals surface area (Å²) in [4.78, 5) is 0. The van der Waals surface area contributed by atoms with E-state index in [2.05, 4.69) is 146 Å². The van der Waals surface area contributed by atoms with Gasteiger partial charge in [0.1, 0.15) is 22.3 Å². The smallest absolute Gasteiger partial charge is 0.147 e. The Hall–Kier alpha value is -6.12. The van der Waals surface area contributed by atoms with Crippen molar-refractivity contribution >= 4 is 65.4 Å². The van der Waals surface area contributed by atoms with E-state index in [0.29, 0.717) is 0 Å². The minimum Gasteiger partial charge on any atom is -0.456 e. The maximum atomic E-state index is 6.72. The molecular formula is C44H26O2. The molecule has 0 spiro atoms. The molecule has 0 aliphatic rings. The molecule has 0 saturated heterocycles. The van der Waals surface area contributed by atoms with Gasteiger partial charge in [0.25, 0.3) is 0 Å². The van der Waals surface area contributed by atoms with Crippen LogP contribution in [0, 0.1) is 0 Å². The first-order valence-electron chi connectivity index (χ1n) is 15.7. The number of rotatable bonds is 3. The third-order valence-corrected chi connectivity index (χ3v) is 9.48. The molecule has 0 aliphatic heterocycles. The number of fused-ring (bicyclic) bond motifs is 9. The van der Waals surface area contributed by atoms with Gasteiger partial charge in [0.15, 0.2) is 0 Å². The van der Waals surface area contributed by atoms with Crippen molar-refractivity contribution in [1.29, 1.82) is 0 Å². The SMILES string of the molecule is c1ccc(-c2ccccc2-c2c3ccccc3c(-c3ccc4c(c3)oc3c4ccc4oc5ccccc5c43)c3ccccc23)cc1. The number of para-hydroxylation sites is 1. The van der Waals surface area contributed by atoms with Gasteiger partial charge in [-0.15, -0.1) is 0 Å². The second-order valence-electron chi connectivity index (χ2n) is 12.0. The van der Waals surface area contributed by atoms with Gasteiger partial charge in [0.2, 0.25) is 0 Å². The average Bonchev–Trinajstić information content (AvgIpc) is 3.69. The highest BCUT2D eigenvalue weighted by Crippen LogP contribution is 2.47. The van der Waals surface area contributed by atoms with Gasteiger partial charge in [-0.1, -0.05) is 127 Å². The molecule has 0 aliphatic carbocycles. The first kappa shape index (κ1) is 25.2. The van der Waals surface area contributed by atoms with Gasteiger partial charge in [-0.3, -0.25) is 0 Å². The van der Waals surface area contributed by atoms with Crippen molar-refractivity contribution in [2.75, 3.05) is 0 Å². The zero-order chi connectivity index (χ0) is 30.2. The third kappa shape index (κ3) is 3.59. The topological polar surface area (TPSA) is 26.3 Å². The largest absolute Gasteiger partial charge is 0.456 e.